The van der Waals surface area contributed by atoms with Crippen molar-refractivity contribution in [2.24, 2.45) is 0 Å². The van der Waals surface area contributed by atoms with E-state index in [0.29, 0.717) is 39.6 Å². The summed E-state index contributed by atoms with van der Waals surface area (Å²) in [6.07, 6.45) is 0. The second-order valence-corrected chi connectivity index (χ2v) is 18.1. The Bertz CT molecular complexity index is 2600. The minimum atomic E-state index is 0.383. The van der Waals surface area contributed by atoms with Crippen molar-refractivity contribution in [2.75, 3.05) is 53.9 Å². The Hall–Kier alpha value is -3.16. The standard InChI is InChI=1S/C48H38I4O6/c1-53-45-37(49)25-29-11-3-7-15-33(29)41(45)43-35-17-9-5-13-31(35)27-39(51)47(43)57-23-21-55-19-20-56-22-24-58-48-40(52)28-32-14-6-10-18-36(32)44(48)42-34-16-8-4-12-30(34)26-38(50)46(42)54-2/h3-18,25-28H,19-24H2,1-2H3. The molecule has 0 atom stereocenters. The number of methoxy groups -OCH3 is 2. The van der Waals surface area contributed by atoms with Crippen LogP contribution in [0.15, 0.2) is 121 Å². The molecule has 10 heteroatoms. The number of hydrogen-bond acceptors (Lipinski definition) is 6. The predicted molar refractivity (Wildman–Crippen MR) is 270 cm³/mol. The van der Waals surface area contributed by atoms with E-state index in [1.54, 1.807) is 14.2 Å². The maximum atomic E-state index is 6.59. The van der Waals surface area contributed by atoms with Gasteiger partial charge in [0.05, 0.1) is 54.9 Å². The summed E-state index contributed by atoms with van der Waals surface area (Å²) < 4.78 is 41.5. The van der Waals surface area contributed by atoms with Gasteiger partial charge in [-0.2, -0.15) is 0 Å². The fourth-order valence-electron chi connectivity index (χ4n) is 7.58. The number of ether oxygens (including phenoxy) is 6. The summed E-state index contributed by atoms with van der Waals surface area (Å²) in [4.78, 5) is 0. The highest BCUT2D eigenvalue weighted by molar-refractivity contribution is 14.1. The van der Waals surface area contributed by atoms with Gasteiger partial charge in [-0.05, 0) is 158 Å². The zero-order valence-corrected chi connectivity index (χ0v) is 40.4. The lowest BCUT2D eigenvalue weighted by atomic mass is 9.92. The molecule has 0 saturated carbocycles. The number of hydrogen-bond donors (Lipinski definition) is 0. The van der Waals surface area contributed by atoms with Gasteiger partial charge in [-0.25, -0.2) is 0 Å². The van der Waals surface area contributed by atoms with Crippen molar-refractivity contribution in [3.05, 3.63) is 136 Å². The Morgan fingerprint density at radius 2 is 0.603 bits per heavy atom. The average Bonchev–Trinajstić information content (AvgIpc) is 3.23. The SMILES string of the molecule is COc1c(I)cc2ccccc2c1-c1c(OCCOCCOCCOc2c(I)cc3ccccc3c2-c2c(OC)c(I)cc3ccccc23)c(I)cc2ccccc12. The van der Waals surface area contributed by atoms with Gasteiger partial charge >= 0.3 is 0 Å². The second-order valence-electron chi connectivity index (χ2n) is 13.5. The third kappa shape index (κ3) is 8.42. The Morgan fingerprint density at radius 1 is 0.345 bits per heavy atom. The highest BCUT2D eigenvalue weighted by Crippen LogP contribution is 2.50. The van der Waals surface area contributed by atoms with E-state index in [2.05, 4.69) is 212 Å². The van der Waals surface area contributed by atoms with Gasteiger partial charge in [-0.15, -0.1) is 0 Å². The number of halogens is 4. The predicted octanol–water partition coefficient (Wildman–Crippen LogP) is 13.6. The molecule has 0 aromatic heterocycles. The maximum Gasteiger partial charge on any atom is 0.141 e. The molecule has 8 aromatic carbocycles. The molecule has 0 aliphatic rings. The molecular formula is C48H38I4O6. The summed E-state index contributed by atoms with van der Waals surface area (Å²) in [5.74, 6) is 3.31. The van der Waals surface area contributed by atoms with Crippen LogP contribution in [0.5, 0.6) is 23.0 Å². The van der Waals surface area contributed by atoms with Gasteiger partial charge in [0.2, 0.25) is 0 Å². The molecule has 8 aromatic rings. The van der Waals surface area contributed by atoms with E-state index < -0.39 is 0 Å². The van der Waals surface area contributed by atoms with Crippen LogP contribution in [0.3, 0.4) is 0 Å². The molecule has 0 spiro atoms. The minimum absolute atomic E-state index is 0.383. The fraction of sp³-hybridized carbons (Fsp3) is 0.167. The van der Waals surface area contributed by atoms with Crippen molar-refractivity contribution in [3.8, 4) is 45.3 Å². The van der Waals surface area contributed by atoms with E-state index >= 15 is 0 Å². The van der Waals surface area contributed by atoms with Crippen LogP contribution < -0.4 is 18.9 Å². The van der Waals surface area contributed by atoms with Crippen molar-refractivity contribution in [1.29, 1.82) is 0 Å². The summed E-state index contributed by atoms with van der Waals surface area (Å²) in [7, 11) is 3.47. The lowest BCUT2D eigenvalue weighted by Crippen LogP contribution is -2.14. The van der Waals surface area contributed by atoms with E-state index in [0.717, 1.165) is 103 Å². The van der Waals surface area contributed by atoms with Gasteiger partial charge in [-0.3, -0.25) is 0 Å². The molecule has 0 amide bonds. The quantitative estimate of drug-likeness (QED) is 0.0753. The lowest BCUT2D eigenvalue weighted by molar-refractivity contribution is 0.0273. The van der Waals surface area contributed by atoms with Crippen LogP contribution in [0.1, 0.15) is 0 Å². The van der Waals surface area contributed by atoms with Crippen LogP contribution in [0.4, 0.5) is 0 Å². The number of benzene rings is 8. The van der Waals surface area contributed by atoms with Gasteiger partial charge in [0.1, 0.15) is 36.2 Å². The van der Waals surface area contributed by atoms with Crippen molar-refractivity contribution in [1.82, 2.24) is 0 Å². The minimum Gasteiger partial charge on any atom is -0.495 e. The molecule has 8 rings (SSSR count). The summed E-state index contributed by atoms with van der Waals surface area (Å²) in [6, 6.07) is 42.4. The molecule has 0 saturated heterocycles. The molecule has 0 heterocycles. The Balaban J connectivity index is 0.933. The van der Waals surface area contributed by atoms with E-state index in [-0.39, 0.29) is 0 Å². The largest absolute Gasteiger partial charge is 0.495 e. The fourth-order valence-corrected chi connectivity index (χ4v) is 10.8. The lowest BCUT2D eigenvalue weighted by Gasteiger charge is -2.21. The average molecular weight is 1220 g/mol. The zero-order valence-electron chi connectivity index (χ0n) is 31.8. The molecule has 0 N–H and O–H groups in total. The molecule has 0 radical (unpaired) electrons. The zero-order chi connectivity index (χ0) is 40.2. The van der Waals surface area contributed by atoms with Crippen LogP contribution in [-0.2, 0) is 9.47 Å². The molecule has 0 bridgehead atoms. The van der Waals surface area contributed by atoms with Crippen LogP contribution in [0.25, 0.3) is 65.3 Å². The molecule has 0 aliphatic heterocycles. The van der Waals surface area contributed by atoms with E-state index in [9.17, 15) is 0 Å². The highest BCUT2D eigenvalue weighted by Gasteiger charge is 2.25. The maximum absolute atomic E-state index is 6.59. The van der Waals surface area contributed by atoms with E-state index in [1.807, 2.05) is 0 Å². The van der Waals surface area contributed by atoms with Gasteiger partial charge in [-0.1, -0.05) is 97.1 Å². The van der Waals surface area contributed by atoms with E-state index in [4.69, 9.17) is 28.4 Å². The normalized spacial score (nSPS) is 11.5. The Kier molecular flexibility index (Phi) is 13.7. The third-order valence-corrected chi connectivity index (χ3v) is 13.3. The summed E-state index contributed by atoms with van der Waals surface area (Å²) in [6.45, 7) is 2.46. The van der Waals surface area contributed by atoms with Crippen molar-refractivity contribution in [2.45, 2.75) is 0 Å². The molecule has 0 unspecified atom stereocenters. The summed E-state index contributed by atoms with van der Waals surface area (Å²) in [5, 5.41) is 9.04. The summed E-state index contributed by atoms with van der Waals surface area (Å²) >= 11 is 9.49. The summed E-state index contributed by atoms with van der Waals surface area (Å²) in [5.41, 5.74) is 4.11. The van der Waals surface area contributed by atoms with Gasteiger partial charge < -0.3 is 28.4 Å². The molecule has 58 heavy (non-hydrogen) atoms. The van der Waals surface area contributed by atoms with Crippen molar-refractivity contribution < 1.29 is 28.4 Å². The molecule has 294 valence electrons. The smallest absolute Gasteiger partial charge is 0.141 e. The van der Waals surface area contributed by atoms with Crippen LogP contribution in [0, 0.1) is 14.3 Å². The van der Waals surface area contributed by atoms with Crippen LogP contribution >= 0.6 is 90.4 Å². The first-order valence-electron chi connectivity index (χ1n) is 18.7. The van der Waals surface area contributed by atoms with Gasteiger partial charge in [0.15, 0.2) is 0 Å². The monoisotopic (exact) mass is 1220 g/mol. The second kappa shape index (κ2) is 19.0. The third-order valence-electron chi connectivity index (χ3n) is 10.1. The van der Waals surface area contributed by atoms with Crippen LogP contribution in [-0.4, -0.2) is 53.9 Å². The first-order chi connectivity index (χ1) is 28.4. The topological polar surface area (TPSA) is 55.4 Å². The molecule has 6 nitrogen and oxygen atoms in total. The first-order valence-corrected chi connectivity index (χ1v) is 23.1. The Labute approximate surface area is 392 Å². The van der Waals surface area contributed by atoms with E-state index in [1.165, 1.54) is 0 Å². The molecule has 0 fully saturated rings. The number of fused-ring (bicyclic) bond motifs is 4. The number of rotatable bonds is 15. The Morgan fingerprint density at radius 3 is 0.914 bits per heavy atom. The van der Waals surface area contributed by atoms with Crippen molar-refractivity contribution >= 4 is 133 Å². The molecular weight excluding hydrogens is 1180 g/mol. The van der Waals surface area contributed by atoms with Gasteiger partial charge in [0, 0.05) is 22.3 Å². The van der Waals surface area contributed by atoms with Gasteiger partial charge in [0.25, 0.3) is 0 Å². The molecule has 0 aliphatic carbocycles. The highest BCUT2D eigenvalue weighted by atomic mass is 127. The first kappa shape index (κ1) is 41.6. The van der Waals surface area contributed by atoms with Crippen molar-refractivity contribution in [3.63, 3.8) is 0 Å². The van der Waals surface area contributed by atoms with Crippen LogP contribution in [0.2, 0.25) is 0 Å².